The highest BCUT2D eigenvalue weighted by molar-refractivity contribution is 6.05. The number of rotatable bonds is 3. The van der Waals surface area contributed by atoms with E-state index < -0.39 is 0 Å². The standard InChI is InChI=1S/C18H16NO2/c1-2-7-19-18(21)15-9-14-8-12-5-3-4-6-13(12)10-16(14)17(20)11-15/h3-6,8-11H,2,7H2,1H3,(H,19,21). The van der Waals surface area contributed by atoms with Gasteiger partial charge in [-0.1, -0.05) is 31.2 Å². The van der Waals surface area contributed by atoms with Gasteiger partial charge in [0.15, 0.2) is 5.75 Å². The number of fused-ring (bicyclic) bond motifs is 2. The first-order valence-corrected chi connectivity index (χ1v) is 7.11. The number of amides is 1. The number of hydrogen-bond donors (Lipinski definition) is 1. The maximum atomic E-state index is 12.2. The summed E-state index contributed by atoms with van der Waals surface area (Å²) in [5, 5.41) is 18.6. The van der Waals surface area contributed by atoms with Gasteiger partial charge >= 0.3 is 0 Å². The van der Waals surface area contributed by atoms with Crippen LogP contribution in [0, 0.1) is 0 Å². The summed E-state index contributed by atoms with van der Waals surface area (Å²) < 4.78 is 0. The van der Waals surface area contributed by atoms with Gasteiger partial charge in [-0.2, -0.15) is 0 Å². The molecular formula is C18H16NO2. The summed E-state index contributed by atoms with van der Waals surface area (Å²) in [5.41, 5.74) is 0.427. The minimum atomic E-state index is -0.191. The Morgan fingerprint density at radius 3 is 2.43 bits per heavy atom. The highest BCUT2D eigenvalue weighted by atomic mass is 16.3. The lowest BCUT2D eigenvalue weighted by molar-refractivity contribution is 0.0953. The van der Waals surface area contributed by atoms with Crippen LogP contribution in [0.15, 0.2) is 48.5 Å². The molecule has 1 radical (unpaired) electrons. The zero-order valence-electron chi connectivity index (χ0n) is 11.8. The topological polar surface area (TPSA) is 49.0 Å². The molecule has 1 N–H and O–H groups in total. The van der Waals surface area contributed by atoms with Crippen LogP contribution >= 0.6 is 0 Å². The molecule has 1 amide bonds. The van der Waals surface area contributed by atoms with Crippen molar-refractivity contribution in [2.24, 2.45) is 0 Å². The lowest BCUT2D eigenvalue weighted by Gasteiger charge is -2.07. The first-order valence-electron chi connectivity index (χ1n) is 7.11. The Hall–Kier alpha value is -2.55. The Morgan fingerprint density at radius 2 is 1.71 bits per heavy atom. The highest BCUT2D eigenvalue weighted by Crippen LogP contribution is 2.31. The van der Waals surface area contributed by atoms with Crippen LogP contribution in [0.5, 0.6) is 5.75 Å². The number of hydrogen-bond acceptors (Lipinski definition) is 1. The average molecular weight is 278 g/mol. The van der Waals surface area contributed by atoms with Crippen molar-refractivity contribution in [3.05, 3.63) is 54.1 Å². The third kappa shape index (κ3) is 2.55. The Bertz CT molecular complexity index is 824. The van der Waals surface area contributed by atoms with E-state index in [1.54, 1.807) is 6.07 Å². The van der Waals surface area contributed by atoms with Crippen molar-refractivity contribution in [1.82, 2.24) is 5.32 Å². The van der Waals surface area contributed by atoms with Crippen LogP contribution < -0.4 is 5.32 Å². The molecule has 0 fully saturated rings. The summed E-state index contributed by atoms with van der Waals surface area (Å²) in [7, 11) is 0. The van der Waals surface area contributed by atoms with Crippen LogP contribution in [0.2, 0.25) is 0 Å². The molecular weight excluding hydrogens is 262 g/mol. The predicted molar refractivity (Wildman–Crippen MR) is 84.2 cm³/mol. The molecule has 0 spiro atoms. The molecule has 3 rings (SSSR count). The Labute approximate surface area is 123 Å². The first-order chi connectivity index (χ1) is 10.2. The zero-order chi connectivity index (χ0) is 14.8. The fraction of sp³-hybridized carbons (Fsp3) is 0.167. The number of benzene rings is 3. The van der Waals surface area contributed by atoms with Crippen molar-refractivity contribution in [1.29, 1.82) is 0 Å². The van der Waals surface area contributed by atoms with Gasteiger partial charge in [0.05, 0.1) is 0 Å². The second-order valence-corrected chi connectivity index (χ2v) is 5.15. The summed E-state index contributed by atoms with van der Waals surface area (Å²) in [4.78, 5) is 12.0. The minimum Gasteiger partial charge on any atom is -0.352 e. The van der Waals surface area contributed by atoms with Crippen molar-refractivity contribution >= 4 is 27.5 Å². The minimum absolute atomic E-state index is 0.111. The predicted octanol–water partition coefficient (Wildman–Crippen LogP) is 4.28. The lowest BCUT2D eigenvalue weighted by Crippen LogP contribution is -2.23. The Morgan fingerprint density at radius 1 is 1.00 bits per heavy atom. The number of carbonyl (C=O) groups excluding carboxylic acids is 1. The van der Waals surface area contributed by atoms with Gasteiger partial charge in [-0.05, 0) is 46.8 Å². The maximum absolute atomic E-state index is 12.2. The monoisotopic (exact) mass is 278 g/mol. The van der Waals surface area contributed by atoms with Crippen LogP contribution in [0.25, 0.3) is 21.5 Å². The van der Waals surface area contributed by atoms with Crippen molar-refractivity contribution in [3.63, 3.8) is 0 Å². The maximum Gasteiger partial charge on any atom is 0.251 e. The lowest BCUT2D eigenvalue weighted by atomic mass is 10.0. The molecule has 0 saturated heterocycles. The molecule has 0 aliphatic rings. The van der Waals surface area contributed by atoms with E-state index >= 15 is 0 Å². The van der Waals surface area contributed by atoms with Gasteiger partial charge in [-0.15, -0.1) is 0 Å². The van der Waals surface area contributed by atoms with E-state index in [1.807, 2.05) is 43.3 Å². The third-order valence-corrected chi connectivity index (χ3v) is 3.58. The largest absolute Gasteiger partial charge is 0.352 e. The summed E-state index contributed by atoms with van der Waals surface area (Å²) in [6.07, 6.45) is 0.869. The molecule has 3 nitrogen and oxygen atoms in total. The molecule has 3 aromatic carbocycles. The molecule has 0 heterocycles. The van der Waals surface area contributed by atoms with E-state index in [0.29, 0.717) is 17.5 Å². The molecule has 0 aliphatic carbocycles. The second-order valence-electron chi connectivity index (χ2n) is 5.15. The van der Waals surface area contributed by atoms with Gasteiger partial charge in [-0.3, -0.25) is 9.90 Å². The molecule has 0 aromatic heterocycles. The summed E-state index contributed by atoms with van der Waals surface area (Å²) in [6.45, 7) is 2.61. The number of carbonyl (C=O) groups is 1. The fourth-order valence-electron chi connectivity index (χ4n) is 2.49. The zero-order valence-corrected chi connectivity index (χ0v) is 11.8. The number of nitrogens with one attached hydrogen (secondary N) is 1. The molecule has 3 heteroatoms. The summed E-state index contributed by atoms with van der Waals surface area (Å²) >= 11 is 0. The molecule has 0 bridgehead atoms. The van der Waals surface area contributed by atoms with E-state index in [4.69, 9.17) is 0 Å². The summed E-state index contributed by atoms with van der Waals surface area (Å²) in [6, 6.07) is 15.0. The Balaban J connectivity index is 2.14. The molecule has 0 unspecified atom stereocenters. The van der Waals surface area contributed by atoms with Crippen molar-refractivity contribution in [3.8, 4) is 5.75 Å². The van der Waals surface area contributed by atoms with Crippen LogP contribution in [-0.4, -0.2) is 12.5 Å². The van der Waals surface area contributed by atoms with E-state index in [2.05, 4.69) is 5.32 Å². The molecule has 0 atom stereocenters. The van der Waals surface area contributed by atoms with Crippen LogP contribution in [0.1, 0.15) is 23.7 Å². The van der Waals surface area contributed by atoms with Gasteiger partial charge in [0.2, 0.25) is 0 Å². The van der Waals surface area contributed by atoms with Crippen LogP contribution in [0.3, 0.4) is 0 Å². The van der Waals surface area contributed by atoms with Crippen LogP contribution in [0.4, 0.5) is 0 Å². The van der Waals surface area contributed by atoms with Crippen molar-refractivity contribution in [2.75, 3.05) is 6.54 Å². The fourth-order valence-corrected chi connectivity index (χ4v) is 2.49. The smallest absolute Gasteiger partial charge is 0.251 e. The van der Waals surface area contributed by atoms with Gasteiger partial charge in [0.25, 0.3) is 5.91 Å². The Kier molecular flexibility index (Phi) is 3.48. The van der Waals surface area contributed by atoms with Gasteiger partial charge in [-0.25, -0.2) is 0 Å². The first kappa shape index (κ1) is 13.4. The molecule has 105 valence electrons. The molecule has 0 aliphatic heterocycles. The normalized spacial score (nSPS) is 10.9. The molecule has 3 aromatic rings. The quantitative estimate of drug-likeness (QED) is 0.714. The van der Waals surface area contributed by atoms with E-state index in [9.17, 15) is 9.90 Å². The highest BCUT2D eigenvalue weighted by Gasteiger charge is 2.11. The molecule has 21 heavy (non-hydrogen) atoms. The van der Waals surface area contributed by atoms with E-state index in [0.717, 1.165) is 22.6 Å². The SMILES string of the molecule is CCCNC(=O)c1cc([O])c2cc3ccccc3cc2c1. The average Bonchev–Trinajstić information content (AvgIpc) is 2.50. The van der Waals surface area contributed by atoms with E-state index in [1.165, 1.54) is 6.07 Å². The van der Waals surface area contributed by atoms with Crippen LogP contribution in [-0.2, 0) is 5.11 Å². The second kappa shape index (κ2) is 5.44. The van der Waals surface area contributed by atoms with Gasteiger partial charge in [0.1, 0.15) is 0 Å². The summed E-state index contributed by atoms with van der Waals surface area (Å²) in [5.74, 6) is -0.302. The third-order valence-electron chi connectivity index (χ3n) is 3.58. The van der Waals surface area contributed by atoms with Gasteiger partial charge in [0, 0.05) is 17.5 Å². The van der Waals surface area contributed by atoms with Crippen molar-refractivity contribution < 1.29 is 9.90 Å². The molecule has 0 saturated carbocycles. The van der Waals surface area contributed by atoms with E-state index in [-0.39, 0.29) is 11.7 Å². The van der Waals surface area contributed by atoms with Crippen molar-refractivity contribution in [2.45, 2.75) is 13.3 Å². The van der Waals surface area contributed by atoms with Gasteiger partial charge < -0.3 is 5.32 Å².